The zero-order chi connectivity index (χ0) is 12.5. The minimum atomic E-state index is 0.341. The van der Waals surface area contributed by atoms with Gasteiger partial charge in [-0.05, 0) is 37.1 Å². The number of benzene rings is 1. The van der Waals surface area contributed by atoms with Crippen LogP contribution in [0.1, 0.15) is 12.0 Å². The summed E-state index contributed by atoms with van der Waals surface area (Å²) in [6, 6.07) is 6.30. The van der Waals surface area contributed by atoms with E-state index >= 15 is 0 Å². The van der Waals surface area contributed by atoms with Gasteiger partial charge in [-0.2, -0.15) is 0 Å². The zero-order valence-electron chi connectivity index (χ0n) is 10.2. The molecule has 0 amide bonds. The van der Waals surface area contributed by atoms with Crippen molar-refractivity contribution in [1.29, 1.82) is 0 Å². The molecule has 1 aliphatic rings. The second-order valence-corrected chi connectivity index (χ2v) is 5.06. The molecule has 0 aliphatic carbocycles. The molecule has 1 aliphatic heterocycles. The lowest BCUT2D eigenvalue weighted by atomic mass is 10.1. The molecule has 1 aromatic heterocycles. The summed E-state index contributed by atoms with van der Waals surface area (Å²) in [4.78, 5) is 4.43. The fourth-order valence-corrected chi connectivity index (χ4v) is 2.70. The van der Waals surface area contributed by atoms with Gasteiger partial charge in [0.2, 0.25) is 0 Å². The highest BCUT2D eigenvalue weighted by molar-refractivity contribution is 6.35. The van der Waals surface area contributed by atoms with Crippen molar-refractivity contribution in [1.82, 2.24) is 4.98 Å². The van der Waals surface area contributed by atoms with Gasteiger partial charge in [0.05, 0.1) is 28.9 Å². The summed E-state index contributed by atoms with van der Waals surface area (Å²) in [6.45, 7) is 3.59. The summed E-state index contributed by atoms with van der Waals surface area (Å²) in [5.41, 5.74) is 3.08. The van der Waals surface area contributed by atoms with Gasteiger partial charge in [-0.15, -0.1) is 0 Å². The van der Waals surface area contributed by atoms with Crippen LogP contribution in [0.5, 0.6) is 0 Å². The highest BCUT2D eigenvalue weighted by atomic mass is 35.5. The Labute approximate surface area is 111 Å². The number of rotatable bonds is 2. The number of anilines is 1. The van der Waals surface area contributed by atoms with E-state index in [1.807, 2.05) is 25.3 Å². The summed E-state index contributed by atoms with van der Waals surface area (Å²) in [7, 11) is 0. The van der Waals surface area contributed by atoms with Crippen molar-refractivity contribution in [2.24, 2.45) is 0 Å². The van der Waals surface area contributed by atoms with Crippen molar-refractivity contribution < 1.29 is 4.74 Å². The van der Waals surface area contributed by atoms with Crippen LogP contribution in [0, 0.1) is 6.92 Å². The van der Waals surface area contributed by atoms with E-state index in [2.05, 4.69) is 16.4 Å². The van der Waals surface area contributed by atoms with Crippen LogP contribution in [0.15, 0.2) is 24.4 Å². The highest BCUT2D eigenvalue weighted by Gasteiger charge is 2.18. The maximum absolute atomic E-state index is 6.36. The fourth-order valence-electron chi connectivity index (χ4n) is 2.38. The zero-order valence-corrected chi connectivity index (χ0v) is 11.0. The minimum absolute atomic E-state index is 0.341. The summed E-state index contributed by atoms with van der Waals surface area (Å²) >= 11 is 6.36. The molecule has 4 heteroatoms. The van der Waals surface area contributed by atoms with Gasteiger partial charge in [0, 0.05) is 18.2 Å². The molecule has 18 heavy (non-hydrogen) atoms. The second kappa shape index (κ2) is 4.75. The predicted octanol–water partition coefficient (Wildman–Crippen LogP) is 3.40. The van der Waals surface area contributed by atoms with E-state index in [1.165, 1.54) is 0 Å². The molecule has 0 saturated carbocycles. The van der Waals surface area contributed by atoms with Crippen LogP contribution in [0.2, 0.25) is 5.02 Å². The van der Waals surface area contributed by atoms with Crippen LogP contribution >= 0.6 is 11.6 Å². The van der Waals surface area contributed by atoms with Gasteiger partial charge >= 0.3 is 0 Å². The van der Waals surface area contributed by atoms with Crippen LogP contribution < -0.4 is 5.32 Å². The maximum atomic E-state index is 6.36. The van der Waals surface area contributed by atoms with Crippen molar-refractivity contribution in [3.05, 3.63) is 35.0 Å². The van der Waals surface area contributed by atoms with E-state index in [0.29, 0.717) is 6.04 Å². The van der Waals surface area contributed by atoms with Crippen LogP contribution in [0.4, 0.5) is 5.69 Å². The Bertz CT molecular complexity index is 579. The lowest BCUT2D eigenvalue weighted by Gasteiger charge is -2.16. The van der Waals surface area contributed by atoms with Crippen LogP contribution in [0.25, 0.3) is 10.9 Å². The van der Waals surface area contributed by atoms with E-state index in [1.54, 1.807) is 0 Å². The Morgan fingerprint density at radius 3 is 3.17 bits per heavy atom. The fraction of sp³-hybridized carbons (Fsp3) is 0.357. The Kier molecular flexibility index (Phi) is 3.10. The molecule has 3 nitrogen and oxygen atoms in total. The van der Waals surface area contributed by atoms with Gasteiger partial charge in [-0.25, -0.2) is 0 Å². The first-order chi connectivity index (χ1) is 8.75. The molecule has 1 N–H and O–H groups in total. The van der Waals surface area contributed by atoms with Crippen molar-refractivity contribution in [3.8, 4) is 0 Å². The van der Waals surface area contributed by atoms with Crippen molar-refractivity contribution >= 4 is 28.2 Å². The van der Waals surface area contributed by atoms with Crippen molar-refractivity contribution in [2.75, 3.05) is 18.5 Å². The topological polar surface area (TPSA) is 34.1 Å². The molecule has 1 fully saturated rings. The molecule has 0 bridgehead atoms. The van der Waals surface area contributed by atoms with Gasteiger partial charge in [-0.1, -0.05) is 11.6 Å². The first-order valence-corrected chi connectivity index (χ1v) is 6.51. The second-order valence-electron chi connectivity index (χ2n) is 4.65. The van der Waals surface area contributed by atoms with Gasteiger partial charge in [0.25, 0.3) is 0 Å². The molecule has 2 aromatic rings. The van der Waals surface area contributed by atoms with Crippen LogP contribution in [-0.2, 0) is 4.74 Å². The van der Waals surface area contributed by atoms with Gasteiger partial charge in [0.1, 0.15) is 0 Å². The Morgan fingerprint density at radius 2 is 2.39 bits per heavy atom. The number of halogens is 1. The standard InChI is InChI=1S/C14H15ClN2O/c1-9-7-12(15)14(17-10-4-6-18-8-10)11-3-2-5-16-13(9)11/h2-3,5,7,10,17H,4,6,8H2,1H3. The SMILES string of the molecule is Cc1cc(Cl)c(NC2CCOC2)c2cccnc12. The molecule has 0 radical (unpaired) electrons. The molecule has 1 unspecified atom stereocenters. The first-order valence-electron chi connectivity index (χ1n) is 6.14. The first kappa shape index (κ1) is 11.8. The van der Waals surface area contributed by atoms with E-state index in [0.717, 1.165) is 46.8 Å². The van der Waals surface area contributed by atoms with Crippen molar-refractivity contribution in [3.63, 3.8) is 0 Å². The Hall–Kier alpha value is -1.32. The van der Waals surface area contributed by atoms with E-state index in [-0.39, 0.29) is 0 Å². The normalized spacial score (nSPS) is 19.3. The Morgan fingerprint density at radius 1 is 1.50 bits per heavy atom. The maximum Gasteiger partial charge on any atom is 0.0752 e. The van der Waals surface area contributed by atoms with E-state index in [9.17, 15) is 0 Å². The number of nitrogens with one attached hydrogen (secondary N) is 1. The van der Waals surface area contributed by atoms with Crippen molar-refractivity contribution in [2.45, 2.75) is 19.4 Å². The quantitative estimate of drug-likeness (QED) is 0.901. The molecule has 1 aromatic carbocycles. The lowest BCUT2D eigenvalue weighted by Crippen LogP contribution is -2.19. The molecule has 0 spiro atoms. The number of hydrogen-bond donors (Lipinski definition) is 1. The molecule has 94 valence electrons. The number of hydrogen-bond acceptors (Lipinski definition) is 3. The number of fused-ring (bicyclic) bond motifs is 1. The average Bonchev–Trinajstić information content (AvgIpc) is 2.87. The number of nitrogens with zero attached hydrogens (tertiary/aromatic N) is 1. The summed E-state index contributed by atoms with van der Waals surface area (Å²) in [6.07, 6.45) is 2.83. The summed E-state index contributed by atoms with van der Waals surface area (Å²) in [5.74, 6) is 0. The smallest absolute Gasteiger partial charge is 0.0752 e. The predicted molar refractivity (Wildman–Crippen MR) is 74.3 cm³/mol. The number of aryl methyl sites for hydroxylation is 1. The van der Waals surface area contributed by atoms with E-state index in [4.69, 9.17) is 16.3 Å². The third-order valence-electron chi connectivity index (χ3n) is 3.31. The molecular weight excluding hydrogens is 248 g/mol. The third-order valence-corrected chi connectivity index (χ3v) is 3.61. The lowest BCUT2D eigenvalue weighted by molar-refractivity contribution is 0.195. The van der Waals surface area contributed by atoms with Gasteiger partial charge in [0.15, 0.2) is 0 Å². The number of aromatic nitrogens is 1. The molecule has 3 rings (SSSR count). The third kappa shape index (κ3) is 2.04. The minimum Gasteiger partial charge on any atom is -0.379 e. The van der Waals surface area contributed by atoms with E-state index < -0.39 is 0 Å². The van der Waals surface area contributed by atoms with Crippen LogP contribution in [0.3, 0.4) is 0 Å². The molecule has 1 atom stereocenters. The largest absolute Gasteiger partial charge is 0.379 e. The monoisotopic (exact) mass is 262 g/mol. The van der Waals surface area contributed by atoms with Gasteiger partial charge < -0.3 is 10.1 Å². The highest BCUT2D eigenvalue weighted by Crippen LogP contribution is 2.33. The van der Waals surface area contributed by atoms with Crippen LogP contribution in [-0.4, -0.2) is 24.2 Å². The average molecular weight is 263 g/mol. The summed E-state index contributed by atoms with van der Waals surface area (Å²) < 4.78 is 5.38. The number of ether oxygens (including phenoxy) is 1. The molecular formula is C14H15ClN2O. The van der Waals surface area contributed by atoms with Gasteiger partial charge in [-0.3, -0.25) is 4.98 Å². The molecule has 1 saturated heterocycles. The Balaban J connectivity index is 2.09. The summed E-state index contributed by atoms with van der Waals surface area (Å²) in [5, 5.41) is 5.31. The number of pyridine rings is 1. The molecule has 2 heterocycles.